The van der Waals surface area contributed by atoms with Gasteiger partial charge in [0.15, 0.2) is 0 Å². The van der Waals surface area contributed by atoms with Gasteiger partial charge in [0.1, 0.15) is 11.9 Å². The van der Waals surface area contributed by atoms with Crippen LogP contribution in [0.1, 0.15) is 18.4 Å². The second kappa shape index (κ2) is 11.3. The molecule has 2 heterocycles. The lowest BCUT2D eigenvalue weighted by molar-refractivity contribution is -0.144. The Hall–Kier alpha value is -0.760. The highest BCUT2D eigenvalue weighted by atomic mass is 35.5. The fourth-order valence-electron chi connectivity index (χ4n) is 3.50. The fraction of sp³-hybridized carbons (Fsp3) is 0.611. The lowest BCUT2D eigenvalue weighted by atomic mass is 10.1. The molecule has 1 aromatic rings. The van der Waals surface area contributed by atoms with E-state index >= 15 is 0 Å². The molecule has 2 saturated heterocycles. The summed E-state index contributed by atoms with van der Waals surface area (Å²) in [7, 11) is 1.67. The van der Waals surface area contributed by atoms with Crippen molar-refractivity contribution in [2.75, 3.05) is 39.8 Å². The Morgan fingerprint density at radius 1 is 1.26 bits per heavy atom. The number of carbonyl (C=O) groups is 1. The highest BCUT2D eigenvalue weighted by Gasteiger charge is 2.34. The summed E-state index contributed by atoms with van der Waals surface area (Å²) in [6, 6.07) is 5.66. The molecule has 0 spiro atoms. The van der Waals surface area contributed by atoms with Crippen molar-refractivity contribution in [3.8, 4) is 5.75 Å². The zero-order valence-electron chi connectivity index (χ0n) is 15.4. The smallest absolute Gasteiger partial charge is 0.251 e. The number of piperazine rings is 1. The van der Waals surface area contributed by atoms with E-state index in [9.17, 15) is 4.79 Å². The SMILES string of the molecule is COc1ccc(Cl)cc1CN1CCN(C(=O)[C@@H]2CC[C@H](CN)O2)CC1.Cl.Cl. The first-order valence-electron chi connectivity index (χ1n) is 8.79. The van der Waals surface area contributed by atoms with Crippen molar-refractivity contribution in [2.24, 2.45) is 5.73 Å². The van der Waals surface area contributed by atoms with E-state index in [0.717, 1.165) is 56.9 Å². The summed E-state index contributed by atoms with van der Waals surface area (Å²) in [6.45, 7) is 4.34. The maximum absolute atomic E-state index is 12.6. The molecule has 0 bridgehead atoms. The van der Waals surface area contributed by atoms with Crippen molar-refractivity contribution >= 4 is 42.3 Å². The third-order valence-corrected chi connectivity index (χ3v) is 5.20. The van der Waals surface area contributed by atoms with Crippen LogP contribution >= 0.6 is 36.4 Å². The molecule has 3 rings (SSSR count). The van der Waals surface area contributed by atoms with E-state index in [2.05, 4.69) is 4.90 Å². The van der Waals surface area contributed by atoms with Gasteiger partial charge in [0.05, 0.1) is 13.2 Å². The van der Waals surface area contributed by atoms with Crippen molar-refractivity contribution in [3.05, 3.63) is 28.8 Å². The molecule has 27 heavy (non-hydrogen) atoms. The minimum Gasteiger partial charge on any atom is -0.496 e. The topological polar surface area (TPSA) is 68.0 Å². The quantitative estimate of drug-likeness (QED) is 0.761. The number of carbonyl (C=O) groups excluding carboxylic acids is 1. The predicted molar refractivity (Wildman–Crippen MR) is 111 cm³/mol. The van der Waals surface area contributed by atoms with Crippen LogP contribution in [0.4, 0.5) is 0 Å². The van der Waals surface area contributed by atoms with E-state index in [-0.39, 0.29) is 42.9 Å². The van der Waals surface area contributed by atoms with Crippen LogP contribution in [0, 0.1) is 0 Å². The van der Waals surface area contributed by atoms with Gasteiger partial charge in [0, 0.05) is 49.9 Å². The van der Waals surface area contributed by atoms with Crippen LogP contribution in [-0.2, 0) is 16.1 Å². The highest BCUT2D eigenvalue weighted by molar-refractivity contribution is 6.30. The van der Waals surface area contributed by atoms with Gasteiger partial charge in [-0.1, -0.05) is 11.6 Å². The molecule has 154 valence electrons. The normalized spacial score (nSPS) is 22.7. The minimum atomic E-state index is -0.312. The molecule has 1 amide bonds. The van der Waals surface area contributed by atoms with Crippen molar-refractivity contribution in [2.45, 2.75) is 31.6 Å². The minimum absolute atomic E-state index is 0. The zero-order chi connectivity index (χ0) is 17.8. The number of nitrogens with two attached hydrogens (primary N) is 1. The van der Waals surface area contributed by atoms with Gasteiger partial charge in [0.25, 0.3) is 5.91 Å². The lowest BCUT2D eigenvalue weighted by Gasteiger charge is -2.36. The molecule has 2 N–H and O–H groups in total. The predicted octanol–water partition coefficient (Wildman–Crippen LogP) is 2.34. The van der Waals surface area contributed by atoms with E-state index in [0.29, 0.717) is 11.6 Å². The molecule has 6 nitrogen and oxygen atoms in total. The van der Waals surface area contributed by atoms with Gasteiger partial charge in [-0.05, 0) is 31.0 Å². The molecule has 2 fully saturated rings. The maximum atomic E-state index is 12.6. The number of halogens is 3. The fourth-order valence-corrected chi connectivity index (χ4v) is 3.70. The average Bonchev–Trinajstić information content (AvgIpc) is 3.11. The van der Waals surface area contributed by atoms with Crippen molar-refractivity contribution < 1.29 is 14.3 Å². The number of ether oxygens (including phenoxy) is 2. The number of amides is 1. The Labute approximate surface area is 178 Å². The van der Waals surface area contributed by atoms with Gasteiger partial charge in [-0.3, -0.25) is 9.69 Å². The summed E-state index contributed by atoms with van der Waals surface area (Å²) in [5.41, 5.74) is 6.69. The Morgan fingerprint density at radius 3 is 2.56 bits per heavy atom. The maximum Gasteiger partial charge on any atom is 0.251 e. The molecule has 0 aromatic heterocycles. The number of rotatable bonds is 5. The zero-order valence-corrected chi connectivity index (χ0v) is 17.8. The Bertz CT molecular complexity index is 613. The molecule has 2 aliphatic heterocycles. The Kier molecular flexibility index (Phi) is 10.2. The third-order valence-electron chi connectivity index (χ3n) is 4.97. The molecule has 1 aromatic carbocycles. The van der Waals surface area contributed by atoms with Gasteiger partial charge in [-0.25, -0.2) is 0 Å². The molecule has 0 saturated carbocycles. The second-order valence-electron chi connectivity index (χ2n) is 6.62. The van der Waals surface area contributed by atoms with E-state index in [1.165, 1.54) is 0 Å². The van der Waals surface area contributed by atoms with Gasteiger partial charge in [-0.15, -0.1) is 24.8 Å². The van der Waals surface area contributed by atoms with Crippen LogP contribution < -0.4 is 10.5 Å². The second-order valence-corrected chi connectivity index (χ2v) is 7.05. The number of nitrogens with zero attached hydrogens (tertiary/aromatic N) is 2. The average molecular weight is 441 g/mol. The van der Waals surface area contributed by atoms with E-state index in [1.54, 1.807) is 7.11 Å². The first kappa shape index (κ1) is 24.3. The summed E-state index contributed by atoms with van der Waals surface area (Å²) in [4.78, 5) is 16.8. The first-order chi connectivity index (χ1) is 12.1. The Morgan fingerprint density at radius 2 is 1.96 bits per heavy atom. The van der Waals surface area contributed by atoms with Gasteiger partial charge in [-0.2, -0.15) is 0 Å². The number of hydrogen-bond acceptors (Lipinski definition) is 5. The number of benzene rings is 1. The molecule has 0 unspecified atom stereocenters. The summed E-state index contributed by atoms with van der Waals surface area (Å²) < 4.78 is 11.1. The van der Waals surface area contributed by atoms with Gasteiger partial charge >= 0.3 is 0 Å². The molecule has 2 atom stereocenters. The van der Waals surface area contributed by atoms with Crippen LogP contribution in [-0.4, -0.2) is 67.7 Å². The number of methoxy groups -OCH3 is 1. The summed E-state index contributed by atoms with van der Waals surface area (Å²) in [5.74, 6) is 0.950. The van der Waals surface area contributed by atoms with Crippen LogP contribution in [0.25, 0.3) is 0 Å². The van der Waals surface area contributed by atoms with E-state index in [1.807, 2.05) is 23.1 Å². The van der Waals surface area contributed by atoms with Gasteiger partial charge in [0.2, 0.25) is 0 Å². The van der Waals surface area contributed by atoms with Gasteiger partial charge < -0.3 is 20.1 Å². The molecule has 0 radical (unpaired) electrons. The van der Waals surface area contributed by atoms with Crippen LogP contribution in [0.15, 0.2) is 18.2 Å². The van der Waals surface area contributed by atoms with Crippen LogP contribution in [0.2, 0.25) is 5.02 Å². The molecular formula is C18H28Cl3N3O3. The van der Waals surface area contributed by atoms with Crippen molar-refractivity contribution in [3.63, 3.8) is 0 Å². The third kappa shape index (κ3) is 6.11. The largest absolute Gasteiger partial charge is 0.496 e. The van der Waals surface area contributed by atoms with Crippen LogP contribution in [0.5, 0.6) is 5.75 Å². The summed E-state index contributed by atoms with van der Waals surface area (Å²) >= 11 is 6.10. The van der Waals surface area contributed by atoms with E-state index in [4.69, 9.17) is 26.8 Å². The lowest BCUT2D eigenvalue weighted by Crippen LogP contribution is -2.51. The summed E-state index contributed by atoms with van der Waals surface area (Å²) in [6.07, 6.45) is 1.38. The van der Waals surface area contributed by atoms with Crippen molar-refractivity contribution in [1.82, 2.24) is 9.80 Å². The van der Waals surface area contributed by atoms with E-state index < -0.39 is 0 Å². The highest BCUT2D eigenvalue weighted by Crippen LogP contribution is 2.25. The molecular weight excluding hydrogens is 413 g/mol. The Balaban J connectivity index is 0.00000182. The monoisotopic (exact) mass is 439 g/mol. The van der Waals surface area contributed by atoms with Crippen molar-refractivity contribution in [1.29, 1.82) is 0 Å². The molecule has 9 heteroatoms. The standard InChI is InChI=1S/C18H26ClN3O3.2ClH/c1-24-16-4-2-14(19)10-13(16)12-21-6-8-22(9-7-21)18(23)17-5-3-15(11-20)25-17;;/h2,4,10,15,17H,3,5-9,11-12,20H2,1H3;2*1H/t15-,17+;;/m1../s1. The first-order valence-corrected chi connectivity index (χ1v) is 9.17. The molecule has 0 aliphatic carbocycles. The number of hydrogen-bond donors (Lipinski definition) is 1. The summed E-state index contributed by atoms with van der Waals surface area (Å²) in [5, 5.41) is 0.706. The molecule has 2 aliphatic rings. The van der Waals surface area contributed by atoms with Crippen LogP contribution in [0.3, 0.4) is 0 Å².